The predicted molar refractivity (Wildman–Crippen MR) is 103 cm³/mol. The van der Waals surface area contributed by atoms with Gasteiger partial charge in [-0.2, -0.15) is 4.31 Å². The van der Waals surface area contributed by atoms with Crippen molar-refractivity contribution in [3.05, 3.63) is 47.5 Å². The molecule has 1 aromatic carbocycles. The van der Waals surface area contributed by atoms with E-state index in [1.54, 1.807) is 10.4 Å². The lowest BCUT2D eigenvalue weighted by Gasteiger charge is -2.34. The molecule has 0 N–H and O–H groups in total. The maximum atomic E-state index is 13.0. The van der Waals surface area contributed by atoms with Gasteiger partial charge in [-0.25, -0.2) is 13.4 Å². The standard InChI is InChI=1S/C19H28N4O2S/c1-15(2)23-8-7-20-19(23)14-21-9-11-22(12-10-21)26(24,25)18-13-16(3)5-6-17(18)4/h5-8,13,15H,9-12,14H2,1-4H3. The zero-order valence-corrected chi connectivity index (χ0v) is 16.8. The minimum absolute atomic E-state index is 0.374. The normalized spacial score (nSPS) is 17.1. The molecule has 1 saturated heterocycles. The Hall–Kier alpha value is -1.70. The molecular formula is C19H28N4O2S. The van der Waals surface area contributed by atoms with Crippen molar-refractivity contribution in [3.63, 3.8) is 0 Å². The molecule has 0 spiro atoms. The maximum Gasteiger partial charge on any atom is 0.243 e. The third-order valence-corrected chi connectivity index (χ3v) is 7.00. The van der Waals surface area contributed by atoms with Crippen molar-refractivity contribution in [2.24, 2.45) is 0 Å². The third-order valence-electron chi connectivity index (χ3n) is 4.96. The largest absolute Gasteiger partial charge is 0.331 e. The molecule has 26 heavy (non-hydrogen) atoms. The van der Waals surface area contributed by atoms with Crippen LogP contribution in [-0.2, 0) is 16.6 Å². The number of imidazole rings is 1. The van der Waals surface area contributed by atoms with E-state index in [0.717, 1.165) is 36.6 Å². The van der Waals surface area contributed by atoms with E-state index in [1.165, 1.54) is 0 Å². The van der Waals surface area contributed by atoms with Gasteiger partial charge in [0.1, 0.15) is 5.82 Å². The van der Waals surface area contributed by atoms with E-state index in [2.05, 4.69) is 28.3 Å². The molecule has 0 amide bonds. The van der Waals surface area contributed by atoms with E-state index >= 15 is 0 Å². The summed E-state index contributed by atoms with van der Waals surface area (Å²) in [6.45, 7) is 11.3. The number of rotatable bonds is 5. The van der Waals surface area contributed by atoms with Crippen LogP contribution in [0.25, 0.3) is 0 Å². The first kappa shape index (κ1) is 19.1. The van der Waals surface area contributed by atoms with Gasteiger partial charge >= 0.3 is 0 Å². The molecule has 0 radical (unpaired) electrons. The second-order valence-electron chi connectivity index (χ2n) is 7.29. The Morgan fingerprint density at radius 1 is 1.12 bits per heavy atom. The maximum absolute atomic E-state index is 13.0. The second-order valence-corrected chi connectivity index (χ2v) is 9.20. The Labute approximate surface area is 156 Å². The minimum Gasteiger partial charge on any atom is -0.331 e. The van der Waals surface area contributed by atoms with Gasteiger partial charge in [0.05, 0.1) is 11.4 Å². The number of sulfonamides is 1. The molecule has 142 valence electrons. The molecule has 0 aliphatic carbocycles. The molecule has 0 bridgehead atoms. The lowest BCUT2D eigenvalue weighted by atomic mass is 10.2. The number of aryl methyl sites for hydroxylation is 2. The highest BCUT2D eigenvalue weighted by molar-refractivity contribution is 7.89. The van der Waals surface area contributed by atoms with Crippen molar-refractivity contribution < 1.29 is 8.42 Å². The SMILES string of the molecule is Cc1ccc(C)c(S(=O)(=O)N2CCN(Cc3nccn3C(C)C)CC2)c1. The van der Waals surface area contributed by atoms with Crippen LogP contribution in [0.15, 0.2) is 35.5 Å². The summed E-state index contributed by atoms with van der Waals surface area (Å²) in [5.74, 6) is 1.03. The first-order chi connectivity index (χ1) is 12.3. The van der Waals surface area contributed by atoms with Crippen LogP contribution in [-0.4, -0.2) is 53.4 Å². The number of hydrogen-bond donors (Lipinski definition) is 0. The van der Waals surface area contributed by atoms with Crippen LogP contribution in [0.1, 0.15) is 36.8 Å². The molecule has 2 aromatic rings. The van der Waals surface area contributed by atoms with Crippen molar-refractivity contribution in [2.75, 3.05) is 26.2 Å². The molecule has 1 aromatic heterocycles. The summed E-state index contributed by atoms with van der Waals surface area (Å²) < 4.78 is 29.8. The fourth-order valence-corrected chi connectivity index (χ4v) is 5.12. The van der Waals surface area contributed by atoms with Crippen molar-refractivity contribution in [1.82, 2.24) is 18.8 Å². The fourth-order valence-electron chi connectivity index (χ4n) is 3.39. The van der Waals surface area contributed by atoms with Gasteiger partial charge in [-0.15, -0.1) is 0 Å². The zero-order chi connectivity index (χ0) is 18.9. The molecule has 0 unspecified atom stereocenters. The van der Waals surface area contributed by atoms with Gasteiger partial charge < -0.3 is 4.57 Å². The highest BCUT2D eigenvalue weighted by atomic mass is 32.2. The minimum atomic E-state index is -3.44. The van der Waals surface area contributed by atoms with Gasteiger partial charge in [0.15, 0.2) is 0 Å². The zero-order valence-electron chi connectivity index (χ0n) is 16.0. The average Bonchev–Trinajstić information content (AvgIpc) is 3.06. The first-order valence-corrected chi connectivity index (χ1v) is 10.5. The van der Waals surface area contributed by atoms with Gasteiger partial charge in [0.25, 0.3) is 0 Å². The summed E-state index contributed by atoms with van der Waals surface area (Å²) >= 11 is 0. The lowest BCUT2D eigenvalue weighted by molar-refractivity contribution is 0.175. The van der Waals surface area contributed by atoms with Gasteiger partial charge in [-0.3, -0.25) is 4.90 Å². The second kappa shape index (κ2) is 7.50. The number of piperazine rings is 1. The van der Waals surface area contributed by atoms with Crippen molar-refractivity contribution >= 4 is 10.0 Å². The van der Waals surface area contributed by atoms with E-state index in [1.807, 2.05) is 38.4 Å². The van der Waals surface area contributed by atoms with Gasteiger partial charge in [-0.05, 0) is 44.9 Å². The number of benzene rings is 1. The summed E-state index contributed by atoms with van der Waals surface area (Å²) in [5, 5.41) is 0. The van der Waals surface area contributed by atoms with Crippen LogP contribution in [0.5, 0.6) is 0 Å². The summed E-state index contributed by atoms with van der Waals surface area (Å²) in [5.41, 5.74) is 1.77. The van der Waals surface area contributed by atoms with Crippen LogP contribution in [0.2, 0.25) is 0 Å². The highest BCUT2D eigenvalue weighted by Gasteiger charge is 2.30. The van der Waals surface area contributed by atoms with Crippen LogP contribution in [0, 0.1) is 13.8 Å². The Kier molecular flexibility index (Phi) is 5.50. The Morgan fingerprint density at radius 3 is 2.46 bits per heavy atom. The molecule has 1 fully saturated rings. The summed E-state index contributed by atoms with van der Waals surface area (Å²) in [4.78, 5) is 7.16. The summed E-state index contributed by atoms with van der Waals surface area (Å²) in [6.07, 6.45) is 3.83. The van der Waals surface area contributed by atoms with E-state index in [-0.39, 0.29) is 0 Å². The van der Waals surface area contributed by atoms with Crippen molar-refractivity contribution in [3.8, 4) is 0 Å². The third kappa shape index (κ3) is 3.84. The van der Waals surface area contributed by atoms with E-state index < -0.39 is 10.0 Å². The monoisotopic (exact) mass is 376 g/mol. The Balaban J connectivity index is 1.68. The van der Waals surface area contributed by atoms with Gasteiger partial charge in [0, 0.05) is 44.6 Å². The van der Waals surface area contributed by atoms with Crippen molar-refractivity contribution in [1.29, 1.82) is 0 Å². The topological polar surface area (TPSA) is 58.4 Å². The molecule has 0 saturated carbocycles. The number of aromatic nitrogens is 2. The van der Waals surface area contributed by atoms with Gasteiger partial charge in [0.2, 0.25) is 10.0 Å². The predicted octanol–water partition coefficient (Wildman–Crippen LogP) is 2.59. The summed E-state index contributed by atoms with van der Waals surface area (Å²) in [6, 6.07) is 5.97. The molecule has 7 heteroatoms. The fraction of sp³-hybridized carbons (Fsp3) is 0.526. The lowest BCUT2D eigenvalue weighted by Crippen LogP contribution is -2.48. The molecule has 1 aliphatic heterocycles. The highest BCUT2D eigenvalue weighted by Crippen LogP contribution is 2.23. The number of nitrogens with zero attached hydrogens (tertiary/aromatic N) is 4. The van der Waals surface area contributed by atoms with E-state index in [9.17, 15) is 8.42 Å². The Morgan fingerprint density at radius 2 is 1.81 bits per heavy atom. The molecule has 0 atom stereocenters. The quantitative estimate of drug-likeness (QED) is 0.805. The van der Waals surface area contributed by atoms with Gasteiger partial charge in [-0.1, -0.05) is 12.1 Å². The van der Waals surface area contributed by atoms with Crippen LogP contribution in [0.3, 0.4) is 0 Å². The van der Waals surface area contributed by atoms with Crippen LogP contribution < -0.4 is 0 Å². The molecule has 1 aliphatic rings. The smallest absolute Gasteiger partial charge is 0.243 e. The van der Waals surface area contributed by atoms with Crippen molar-refractivity contribution in [2.45, 2.75) is 45.2 Å². The summed E-state index contributed by atoms with van der Waals surface area (Å²) in [7, 11) is -3.44. The Bertz CT molecular complexity index is 865. The van der Waals surface area contributed by atoms with Crippen LogP contribution in [0.4, 0.5) is 0 Å². The number of hydrogen-bond acceptors (Lipinski definition) is 4. The first-order valence-electron chi connectivity index (χ1n) is 9.10. The molecule has 3 rings (SSSR count). The molecular weight excluding hydrogens is 348 g/mol. The molecule has 6 nitrogen and oxygen atoms in total. The van der Waals surface area contributed by atoms with Crippen LogP contribution >= 0.6 is 0 Å². The van der Waals surface area contributed by atoms with E-state index in [0.29, 0.717) is 24.0 Å². The molecule has 2 heterocycles. The average molecular weight is 377 g/mol. The van der Waals surface area contributed by atoms with E-state index in [4.69, 9.17) is 0 Å².